The van der Waals surface area contributed by atoms with Crippen molar-refractivity contribution in [2.75, 3.05) is 0 Å². The molecule has 0 atom stereocenters. The number of hydrogen-bond acceptors (Lipinski definition) is 0. The van der Waals surface area contributed by atoms with E-state index in [1.54, 1.807) is 24.3 Å². The molecule has 0 N–H and O–H groups in total. The Kier molecular flexibility index (Phi) is 10.1. The third-order valence-electron chi connectivity index (χ3n) is 5.71. The van der Waals surface area contributed by atoms with Gasteiger partial charge < -0.3 is 0 Å². The van der Waals surface area contributed by atoms with Gasteiger partial charge in [0.05, 0.1) is 0 Å². The maximum atomic E-state index is 13.1. The number of hydrogen-bond donors (Lipinski definition) is 0. The topological polar surface area (TPSA) is 0 Å². The second-order valence-corrected chi connectivity index (χ2v) is 38.6. The van der Waals surface area contributed by atoms with Crippen LogP contribution in [0.5, 0.6) is 0 Å². The van der Waals surface area contributed by atoms with E-state index in [1.165, 1.54) is 62.4 Å². The molecule has 2 aromatic rings. The summed E-state index contributed by atoms with van der Waals surface area (Å²) in [4.78, 5) is 0. The first-order valence-corrected chi connectivity index (χ1v) is 28.7. The van der Waals surface area contributed by atoms with E-state index < -0.39 is 18.2 Å². The van der Waals surface area contributed by atoms with Gasteiger partial charge >= 0.3 is 79.7 Å². The van der Waals surface area contributed by atoms with E-state index in [1.807, 2.05) is 0 Å². The van der Waals surface area contributed by atoms with E-state index in [0.29, 0.717) is 0 Å². The fraction of sp³-hybridized carbons (Fsp3) is 0.333. The summed E-state index contributed by atoms with van der Waals surface area (Å²) in [7, 11) is 11.9. The van der Waals surface area contributed by atoms with Crippen molar-refractivity contribution in [3.63, 3.8) is 0 Å². The quantitative estimate of drug-likeness (QED) is 0.247. The van der Waals surface area contributed by atoms with Crippen LogP contribution in [0.3, 0.4) is 0 Å². The molecule has 31 heavy (non-hydrogen) atoms. The Morgan fingerprint density at radius 2 is 1.42 bits per heavy atom. The summed E-state index contributed by atoms with van der Waals surface area (Å²) < 4.78 is 37.8. The summed E-state index contributed by atoms with van der Waals surface area (Å²) in [5, 5.41) is 0. The molecule has 0 spiro atoms. The SMILES string of the molecule is FC1=CCC=C1.Fc1ccc2c(c1)-c1cc(F)ccc1C2.[Cl][Hf]([Cl])[SiH2]C1CCCCC1. The van der Waals surface area contributed by atoms with Gasteiger partial charge in [0.25, 0.3) is 0 Å². The molecule has 0 aliphatic heterocycles. The van der Waals surface area contributed by atoms with Gasteiger partial charge in [0.2, 0.25) is 0 Å². The molecule has 2 aromatic carbocycles. The molecular weight excluding hydrogens is 623 g/mol. The molecular formula is C24H26Cl2F3HfSi. The Morgan fingerprint density at radius 3 is 1.84 bits per heavy atom. The standard InChI is InChI=1S/C13H8F2.C6H13Si.C5H5F.2ClH.Hf/c14-10-3-1-8-5-9-2-4-11(15)7-13(9)12(8)6-10;7-6-4-2-1-3-5-6;6-5-3-1-2-4-5;;;/h1-4,6-7H,5H2;6H,1-5,7H2;1,3-4H,2H2;2*1H;/q;;;;;+2/p-2. The number of benzene rings is 2. The van der Waals surface area contributed by atoms with E-state index in [9.17, 15) is 13.2 Å². The van der Waals surface area contributed by atoms with Crippen molar-refractivity contribution in [1.29, 1.82) is 0 Å². The van der Waals surface area contributed by atoms with Crippen LogP contribution in [-0.2, 0) is 24.7 Å². The monoisotopic (exact) mass is 649 g/mol. The van der Waals surface area contributed by atoms with E-state index in [-0.39, 0.29) is 24.2 Å². The molecule has 5 rings (SSSR count). The van der Waals surface area contributed by atoms with Crippen LogP contribution in [0.2, 0.25) is 5.54 Å². The summed E-state index contributed by atoms with van der Waals surface area (Å²) in [5.41, 5.74) is 4.83. The molecule has 0 unspecified atom stereocenters. The molecule has 0 amide bonds. The molecule has 0 nitrogen and oxygen atoms in total. The van der Waals surface area contributed by atoms with Crippen LogP contribution in [0.25, 0.3) is 11.1 Å². The Balaban J connectivity index is 0.000000147. The molecule has 1 fully saturated rings. The first-order chi connectivity index (χ1) is 14.9. The minimum atomic E-state index is -1.78. The van der Waals surface area contributed by atoms with Crippen molar-refractivity contribution in [2.45, 2.75) is 50.5 Å². The Morgan fingerprint density at radius 1 is 0.839 bits per heavy atom. The minimum absolute atomic E-state index is 0.0441. The summed E-state index contributed by atoms with van der Waals surface area (Å²) >= 11 is -1.78. The summed E-state index contributed by atoms with van der Waals surface area (Å²) in [6, 6.07) is 9.37. The van der Waals surface area contributed by atoms with E-state index in [0.717, 1.165) is 40.6 Å². The Bertz CT molecular complexity index is 888. The van der Waals surface area contributed by atoms with Crippen molar-refractivity contribution in [3.05, 3.63) is 83.2 Å². The first-order valence-electron chi connectivity index (χ1n) is 10.7. The molecule has 7 heteroatoms. The molecule has 1 saturated carbocycles. The zero-order valence-corrected chi connectivity index (χ0v) is 23.8. The number of fused-ring (bicyclic) bond motifs is 3. The fourth-order valence-electron chi connectivity index (χ4n) is 4.15. The van der Waals surface area contributed by atoms with Gasteiger partial charge in [-0.3, -0.25) is 0 Å². The maximum absolute atomic E-state index is 13.1. The normalized spacial score (nSPS) is 16.7. The van der Waals surface area contributed by atoms with Crippen LogP contribution in [0.1, 0.15) is 49.7 Å². The van der Waals surface area contributed by atoms with Crippen LogP contribution in [0.4, 0.5) is 13.2 Å². The molecule has 0 bridgehead atoms. The average molecular weight is 649 g/mol. The summed E-state index contributed by atoms with van der Waals surface area (Å²) in [5.74, 6) is -0.647. The fourth-order valence-corrected chi connectivity index (χ4v) is 25.4. The van der Waals surface area contributed by atoms with Crippen LogP contribution in [-0.4, -0.2) is 6.71 Å². The van der Waals surface area contributed by atoms with Gasteiger partial charge in [-0.2, -0.15) is 0 Å². The Labute approximate surface area is 199 Å². The van der Waals surface area contributed by atoms with Crippen LogP contribution in [0.15, 0.2) is 60.5 Å². The van der Waals surface area contributed by atoms with Crippen molar-refractivity contribution < 1.29 is 31.4 Å². The van der Waals surface area contributed by atoms with Crippen LogP contribution >= 0.6 is 17.2 Å². The summed E-state index contributed by atoms with van der Waals surface area (Å²) in [6.45, 7) is 0.0441. The van der Waals surface area contributed by atoms with Crippen molar-refractivity contribution in [3.8, 4) is 11.1 Å². The van der Waals surface area contributed by atoms with E-state index in [2.05, 4.69) is 0 Å². The molecule has 0 heterocycles. The molecule has 0 saturated heterocycles. The first kappa shape index (κ1) is 25.0. The number of allylic oxidation sites excluding steroid dienone is 4. The average Bonchev–Trinajstić information content (AvgIpc) is 3.36. The molecule has 3 aliphatic carbocycles. The van der Waals surface area contributed by atoms with E-state index in [4.69, 9.17) is 17.2 Å². The second kappa shape index (κ2) is 12.6. The third-order valence-corrected chi connectivity index (χ3v) is 24.5. The second-order valence-electron chi connectivity index (χ2n) is 8.05. The number of halogens is 5. The van der Waals surface area contributed by atoms with E-state index >= 15 is 0 Å². The van der Waals surface area contributed by atoms with Gasteiger partial charge in [0, 0.05) is 0 Å². The zero-order valence-electron chi connectivity index (χ0n) is 17.3. The molecule has 0 aromatic heterocycles. The number of rotatable bonds is 2. The van der Waals surface area contributed by atoms with Crippen molar-refractivity contribution >= 4 is 23.9 Å². The third kappa shape index (κ3) is 8.03. The molecule has 165 valence electrons. The van der Waals surface area contributed by atoms with Gasteiger partial charge in [-0.15, -0.1) is 0 Å². The van der Waals surface area contributed by atoms with Crippen molar-refractivity contribution in [2.24, 2.45) is 0 Å². The van der Waals surface area contributed by atoms with Crippen LogP contribution in [0, 0.1) is 11.6 Å². The predicted octanol–water partition coefficient (Wildman–Crippen LogP) is 8.08. The van der Waals surface area contributed by atoms with Crippen LogP contribution < -0.4 is 0 Å². The van der Waals surface area contributed by atoms with Gasteiger partial charge in [-0.05, 0) is 71.5 Å². The Hall–Kier alpha value is -0.623. The molecule has 0 radical (unpaired) electrons. The van der Waals surface area contributed by atoms with Gasteiger partial charge in [0.1, 0.15) is 17.5 Å². The zero-order chi connectivity index (χ0) is 22.2. The van der Waals surface area contributed by atoms with Gasteiger partial charge in [0.15, 0.2) is 0 Å². The summed E-state index contributed by atoms with van der Waals surface area (Å²) in [6.07, 6.45) is 13.6. The predicted molar refractivity (Wildman–Crippen MR) is 125 cm³/mol. The van der Waals surface area contributed by atoms with Gasteiger partial charge in [-0.1, -0.05) is 18.2 Å². The van der Waals surface area contributed by atoms with Crippen molar-refractivity contribution in [1.82, 2.24) is 0 Å². The van der Waals surface area contributed by atoms with Gasteiger partial charge in [-0.25, -0.2) is 13.2 Å². The molecule has 3 aliphatic rings.